The second-order valence-corrected chi connectivity index (χ2v) is 23.5. The van der Waals surface area contributed by atoms with Gasteiger partial charge < -0.3 is 14.7 Å². The molecule has 300 valence electrons. The van der Waals surface area contributed by atoms with Gasteiger partial charge in [0, 0.05) is 46.9 Å². The number of nitrogens with one attached hydrogen (secondary N) is 1. The summed E-state index contributed by atoms with van der Waals surface area (Å²) in [6.07, 6.45) is 14.6. The molecule has 6 fully saturated rings. The van der Waals surface area contributed by atoms with Crippen molar-refractivity contribution in [2.75, 3.05) is 19.3 Å². The van der Waals surface area contributed by atoms with E-state index in [0.717, 1.165) is 57.8 Å². The highest BCUT2D eigenvalue weighted by atomic mass is 32.2. The average molecular weight is 757 g/mol. The summed E-state index contributed by atoms with van der Waals surface area (Å²) in [4.78, 5) is 41.2. The molecular formula is C44H72N2O6S. The Morgan fingerprint density at radius 2 is 1.55 bits per heavy atom. The maximum Gasteiger partial charge on any atom is 0.309 e. The van der Waals surface area contributed by atoms with E-state index in [9.17, 15) is 23.7 Å². The van der Waals surface area contributed by atoms with Crippen LogP contribution in [0.25, 0.3) is 0 Å². The minimum absolute atomic E-state index is 0.0223. The Hall–Kier alpha value is -1.87. The second kappa shape index (κ2) is 13.7. The van der Waals surface area contributed by atoms with Gasteiger partial charge in [0.25, 0.3) is 0 Å². The molecule has 6 aliphatic rings. The van der Waals surface area contributed by atoms with Gasteiger partial charge in [0.2, 0.25) is 5.91 Å². The van der Waals surface area contributed by atoms with Crippen LogP contribution in [0, 0.1) is 62.1 Å². The zero-order chi connectivity index (χ0) is 39.2. The van der Waals surface area contributed by atoms with Gasteiger partial charge in [-0.25, -0.2) is 4.72 Å². The van der Waals surface area contributed by atoms with Crippen LogP contribution in [0.2, 0.25) is 0 Å². The Bertz CT molecular complexity index is 1600. The molecule has 0 aromatic carbocycles. The molecule has 0 radical (unpaired) electrons. The number of rotatable bonds is 9. The molecule has 0 aromatic rings. The number of allylic oxidation sites excluding steroid dienone is 1. The Labute approximate surface area is 321 Å². The third kappa shape index (κ3) is 6.86. The van der Waals surface area contributed by atoms with Gasteiger partial charge in [-0.15, -0.1) is 0 Å². The van der Waals surface area contributed by atoms with Crippen molar-refractivity contribution in [2.45, 2.75) is 157 Å². The van der Waals surface area contributed by atoms with Crippen molar-refractivity contribution in [3.8, 4) is 0 Å². The summed E-state index contributed by atoms with van der Waals surface area (Å²) in [5.74, 6) is 5.18. The van der Waals surface area contributed by atoms with Crippen LogP contribution in [0.4, 0.5) is 0 Å². The lowest BCUT2D eigenvalue weighted by molar-refractivity contribution is -0.250. The van der Waals surface area contributed by atoms with E-state index in [0.29, 0.717) is 55.0 Å². The van der Waals surface area contributed by atoms with E-state index in [1.807, 2.05) is 0 Å². The Morgan fingerprint density at radius 3 is 2.15 bits per heavy atom. The molecule has 2 N–H and O–H groups in total. The summed E-state index contributed by atoms with van der Waals surface area (Å²) in [6.45, 7) is 23.9. The number of amides is 1. The summed E-state index contributed by atoms with van der Waals surface area (Å²) in [5.41, 5.74) is 0.424. The van der Waals surface area contributed by atoms with E-state index in [-0.39, 0.29) is 45.6 Å². The van der Waals surface area contributed by atoms with Crippen molar-refractivity contribution >= 4 is 33.4 Å². The van der Waals surface area contributed by atoms with Gasteiger partial charge in [-0.05, 0) is 155 Å². The Morgan fingerprint density at radius 1 is 0.887 bits per heavy atom. The number of carbonyl (C=O) groups is 3. The van der Waals surface area contributed by atoms with Crippen molar-refractivity contribution in [3.63, 3.8) is 0 Å². The summed E-state index contributed by atoms with van der Waals surface area (Å²) < 4.78 is 21.6. The zero-order valence-corrected chi connectivity index (χ0v) is 35.4. The van der Waals surface area contributed by atoms with Crippen LogP contribution in [0.5, 0.6) is 0 Å². The van der Waals surface area contributed by atoms with Gasteiger partial charge in [-0.2, -0.15) is 0 Å². The topological polar surface area (TPSA) is 113 Å². The van der Waals surface area contributed by atoms with Crippen LogP contribution in [0.3, 0.4) is 0 Å². The molecular weight excluding hydrogens is 685 g/mol. The number of carboxylic acids is 1. The van der Waals surface area contributed by atoms with Crippen LogP contribution in [-0.4, -0.2) is 69.4 Å². The number of piperidine rings is 1. The van der Waals surface area contributed by atoms with Crippen LogP contribution in [-0.2, 0) is 28.8 Å². The monoisotopic (exact) mass is 757 g/mol. The fourth-order valence-electron chi connectivity index (χ4n) is 14.4. The number of nitrogens with zero attached hydrogens (tertiary/aromatic N) is 1. The molecule has 9 heteroatoms. The number of carboxylic acid groups (broad SMARTS) is 1. The molecule has 0 bridgehead atoms. The van der Waals surface area contributed by atoms with Crippen LogP contribution < -0.4 is 4.72 Å². The van der Waals surface area contributed by atoms with Crippen molar-refractivity contribution in [3.05, 3.63) is 12.2 Å². The quantitative estimate of drug-likeness (QED) is 0.139. The number of carbonyl (C=O) groups excluding carboxylic acids is 2. The van der Waals surface area contributed by atoms with Crippen LogP contribution in [0.15, 0.2) is 12.2 Å². The largest absolute Gasteiger partial charge is 0.481 e. The molecule has 11 atom stereocenters. The highest BCUT2D eigenvalue weighted by molar-refractivity contribution is 7.97. The number of aliphatic carboxylic acids is 1. The molecule has 5 aliphatic carbocycles. The number of likely N-dealkylation sites (tertiary alicyclic amines) is 1. The lowest BCUT2D eigenvalue weighted by Crippen LogP contribution is -2.67. The van der Waals surface area contributed by atoms with Gasteiger partial charge in [0.1, 0.15) is 6.10 Å². The summed E-state index contributed by atoms with van der Waals surface area (Å²) in [6, 6.07) is 0.148. The third-order valence-electron chi connectivity index (χ3n) is 17.4. The van der Waals surface area contributed by atoms with E-state index in [2.05, 4.69) is 63.6 Å². The molecule has 1 heterocycles. The summed E-state index contributed by atoms with van der Waals surface area (Å²) in [5, 5.41) is 9.62. The van der Waals surface area contributed by atoms with Gasteiger partial charge in [0.15, 0.2) is 0 Å². The van der Waals surface area contributed by atoms with Crippen molar-refractivity contribution in [1.29, 1.82) is 0 Å². The smallest absolute Gasteiger partial charge is 0.309 e. The standard InChI is InChI=1S/C44H72N2O6S/c1-28(2)30-14-21-44(26-35(47)46-24-17-29(18-25-46)45-53(10,11)51)23-22-42(8)31(37(30)44)12-13-33-41(7)19-16-34(52-36(48)27-39(3,4)38(49)50)40(5,6)32(41)15-20-43(33,42)9/h29-34,37H,1,10,12-27H2,2-9,11H3,(H,45,51)(H,49,50)/t30-,31+,32-,33+,34-,37+,41-,42+,43+,44+,53?/m0/s1. The van der Waals surface area contributed by atoms with E-state index < -0.39 is 27.1 Å². The predicted octanol–water partition coefficient (Wildman–Crippen LogP) is 8.29. The molecule has 1 aliphatic heterocycles. The molecule has 53 heavy (non-hydrogen) atoms. The van der Waals surface area contributed by atoms with Gasteiger partial charge in [-0.1, -0.05) is 46.8 Å². The van der Waals surface area contributed by atoms with Gasteiger partial charge in [-0.3, -0.25) is 18.6 Å². The second-order valence-electron chi connectivity index (χ2n) is 21.2. The summed E-state index contributed by atoms with van der Waals surface area (Å²) >= 11 is 0. The molecule has 0 spiro atoms. The Kier molecular flexibility index (Phi) is 10.5. The van der Waals surface area contributed by atoms with Crippen LogP contribution in [0.1, 0.15) is 145 Å². The first kappa shape index (κ1) is 40.8. The molecule has 0 aromatic heterocycles. The first-order valence-electron chi connectivity index (χ1n) is 20.9. The van der Waals surface area contributed by atoms with Gasteiger partial charge >= 0.3 is 11.9 Å². The number of fused-ring (bicyclic) bond motifs is 7. The number of hydrogen-bond acceptors (Lipinski definition) is 5. The van der Waals surface area contributed by atoms with Crippen LogP contribution >= 0.6 is 0 Å². The van der Waals surface area contributed by atoms with E-state index >= 15 is 0 Å². The minimum Gasteiger partial charge on any atom is -0.481 e. The number of ether oxygens (including phenoxy) is 1. The fourth-order valence-corrected chi connectivity index (χ4v) is 15.4. The number of esters is 1. The third-order valence-corrected chi connectivity index (χ3v) is 18.2. The Balaban J connectivity index is 1.21. The normalized spacial score (nSPS) is 42.2. The van der Waals surface area contributed by atoms with Crippen molar-refractivity contribution in [2.24, 2.45) is 62.1 Å². The van der Waals surface area contributed by atoms with Crippen molar-refractivity contribution in [1.82, 2.24) is 9.62 Å². The maximum absolute atomic E-state index is 14.2. The SMILES string of the molecule is C=C(C)[C@@H]1CC[C@]2(CC(=O)N3CCC(NS(=C)(C)=O)CC3)CC[C@]3(C)[C@H](CC[C@@H]4[C@@]5(C)CC[C@H](OC(=O)CC(C)(C)C(=O)O)C(C)(C)[C@@H]5CC[C@]43C)[C@@H]12. The zero-order valence-electron chi connectivity index (χ0n) is 34.6. The highest BCUT2D eigenvalue weighted by Gasteiger charge is 2.71. The first-order chi connectivity index (χ1) is 24.4. The highest BCUT2D eigenvalue weighted by Crippen LogP contribution is 2.78. The average Bonchev–Trinajstić information content (AvgIpc) is 3.41. The molecule has 1 amide bonds. The van der Waals surface area contributed by atoms with E-state index in [1.54, 1.807) is 20.1 Å². The minimum atomic E-state index is -2.27. The molecule has 6 rings (SSSR count). The van der Waals surface area contributed by atoms with Gasteiger partial charge in [0.05, 0.1) is 11.8 Å². The first-order valence-corrected chi connectivity index (χ1v) is 23.0. The maximum atomic E-state index is 14.2. The van der Waals surface area contributed by atoms with E-state index in [1.165, 1.54) is 24.8 Å². The molecule has 1 saturated heterocycles. The molecule has 1 unspecified atom stereocenters. The fraction of sp³-hybridized carbons (Fsp3) is 0.864. The number of hydrogen-bond donors (Lipinski definition) is 2. The lowest BCUT2D eigenvalue weighted by atomic mass is 9.32. The lowest BCUT2D eigenvalue weighted by Gasteiger charge is -2.73. The molecule has 8 nitrogen and oxygen atoms in total. The van der Waals surface area contributed by atoms with Crippen molar-refractivity contribution < 1.29 is 28.4 Å². The molecule has 5 saturated carbocycles. The summed E-state index contributed by atoms with van der Waals surface area (Å²) in [7, 11) is -2.27. The van der Waals surface area contributed by atoms with E-state index in [4.69, 9.17) is 4.74 Å². The predicted molar refractivity (Wildman–Crippen MR) is 213 cm³/mol.